The number of carboxylic acids is 2. The van der Waals surface area contributed by atoms with E-state index in [9.17, 15) is 0 Å². The Bertz CT molecular complexity index is 1330. The highest BCUT2D eigenvalue weighted by atomic mass is 16.5. The number of carboxylic acid groups (broad SMARTS) is 2. The Labute approximate surface area is 241 Å². The third kappa shape index (κ3) is 11.1. The first-order valence-electron chi connectivity index (χ1n) is 12.9. The van der Waals surface area contributed by atoms with Crippen molar-refractivity contribution in [3.8, 4) is 34.8 Å². The van der Waals surface area contributed by atoms with E-state index < -0.39 is 11.9 Å². The average molecular weight is 564 g/mol. The highest BCUT2D eigenvalue weighted by Crippen LogP contribution is 2.27. The zero-order chi connectivity index (χ0) is 30.2. The Morgan fingerprint density at radius 1 is 0.707 bits per heavy atom. The second-order valence-corrected chi connectivity index (χ2v) is 8.96. The minimum atomic E-state index is -1.82. The van der Waals surface area contributed by atoms with Crippen LogP contribution in [0.1, 0.15) is 28.7 Å². The number of likely N-dealkylation sites (N-methyl/N-ethyl adjacent to an activating group) is 1. The second-order valence-electron chi connectivity index (χ2n) is 8.96. The van der Waals surface area contributed by atoms with Crippen molar-refractivity contribution in [1.29, 1.82) is 0 Å². The van der Waals surface area contributed by atoms with E-state index in [2.05, 4.69) is 42.0 Å². The summed E-state index contributed by atoms with van der Waals surface area (Å²) in [5.74, 6) is 6.18. The van der Waals surface area contributed by atoms with Gasteiger partial charge in [0, 0.05) is 17.7 Å². The highest BCUT2D eigenvalue weighted by Gasteiger charge is 2.08. The van der Waals surface area contributed by atoms with Gasteiger partial charge < -0.3 is 34.1 Å². The molecule has 0 atom stereocenters. The fourth-order valence-corrected chi connectivity index (χ4v) is 3.85. The van der Waals surface area contributed by atoms with Crippen LogP contribution in [0.3, 0.4) is 0 Å². The van der Waals surface area contributed by atoms with Crippen LogP contribution in [0.15, 0.2) is 60.7 Å². The molecule has 0 bridgehead atoms. The lowest BCUT2D eigenvalue weighted by atomic mass is 10.0. The molecule has 0 unspecified atom stereocenters. The van der Waals surface area contributed by atoms with E-state index in [1.165, 1.54) is 11.1 Å². The number of ether oxygens (including phenoxy) is 4. The molecular formula is C32H37NO8. The molecule has 0 aliphatic carbocycles. The predicted molar refractivity (Wildman–Crippen MR) is 156 cm³/mol. The monoisotopic (exact) mass is 563 g/mol. The number of nitrogens with zero attached hydrogens (tertiary/aromatic N) is 1. The number of rotatable bonds is 11. The molecule has 2 N–H and O–H groups in total. The molecule has 41 heavy (non-hydrogen) atoms. The second kappa shape index (κ2) is 17.1. The van der Waals surface area contributed by atoms with E-state index in [-0.39, 0.29) is 0 Å². The van der Waals surface area contributed by atoms with E-state index in [1.54, 1.807) is 28.4 Å². The van der Waals surface area contributed by atoms with Crippen molar-refractivity contribution in [2.45, 2.75) is 19.3 Å². The molecule has 0 aliphatic rings. The van der Waals surface area contributed by atoms with Gasteiger partial charge in [0.15, 0.2) is 11.5 Å². The molecule has 0 radical (unpaired) electrons. The van der Waals surface area contributed by atoms with Gasteiger partial charge in [-0.1, -0.05) is 17.9 Å². The first-order chi connectivity index (χ1) is 19.7. The number of aryl methyl sites for hydroxylation is 1. The Morgan fingerprint density at radius 2 is 1.34 bits per heavy atom. The normalized spacial score (nSPS) is 10.0. The maximum absolute atomic E-state index is 9.10. The molecule has 0 spiro atoms. The Morgan fingerprint density at radius 3 is 1.93 bits per heavy atom. The van der Waals surface area contributed by atoms with E-state index >= 15 is 0 Å². The van der Waals surface area contributed by atoms with Gasteiger partial charge in [-0.25, -0.2) is 9.59 Å². The van der Waals surface area contributed by atoms with Crippen LogP contribution in [0.4, 0.5) is 0 Å². The van der Waals surface area contributed by atoms with Crippen molar-refractivity contribution >= 4 is 11.9 Å². The van der Waals surface area contributed by atoms with Gasteiger partial charge in [0.1, 0.15) is 11.5 Å². The predicted octanol–water partition coefficient (Wildman–Crippen LogP) is 4.38. The van der Waals surface area contributed by atoms with Crippen LogP contribution in [0.25, 0.3) is 0 Å². The van der Waals surface area contributed by atoms with Crippen molar-refractivity contribution < 1.29 is 38.7 Å². The number of methoxy groups -OCH3 is 4. The molecule has 0 amide bonds. The SMILES string of the molecule is COc1ccc(C#Cc2ccc(OC)cc2CCCN(C)CCc2ccc(OC)c(OC)c2)cc1.O=C(O)C(=O)O. The molecule has 9 heteroatoms. The lowest BCUT2D eigenvalue weighted by molar-refractivity contribution is -0.159. The summed E-state index contributed by atoms with van der Waals surface area (Å²) in [4.78, 5) is 20.6. The molecule has 0 heterocycles. The molecule has 218 valence electrons. The van der Waals surface area contributed by atoms with Crippen LogP contribution in [0.5, 0.6) is 23.0 Å². The zero-order valence-electron chi connectivity index (χ0n) is 24.1. The van der Waals surface area contributed by atoms with Crippen LogP contribution in [0, 0.1) is 11.8 Å². The lowest BCUT2D eigenvalue weighted by Gasteiger charge is -2.17. The minimum Gasteiger partial charge on any atom is -0.497 e. The maximum Gasteiger partial charge on any atom is 0.414 e. The molecule has 0 saturated carbocycles. The van der Waals surface area contributed by atoms with E-state index in [0.717, 1.165) is 66.5 Å². The smallest absolute Gasteiger partial charge is 0.414 e. The largest absolute Gasteiger partial charge is 0.497 e. The average Bonchev–Trinajstić information content (AvgIpc) is 2.99. The topological polar surface area (TPSA) is 115 Å². The summed E-state index contributed by atoms with van der Waals surface area (Å²) in [6, 6.07) is 20.0. The first-order valence-corrected chi connectivity index (χ1v) is 12.9. The van der Waals surface area contributed by atoms with Crippen molar-refractivity contribution in [1.82, 2.24) is 4.90 Å². The van der Waals surface area contributed by atoms with E-state index in [1.807, 2.05) is 42.5 Å². The first kappa shape index (κ1) is 32.5. The van der Waals surface area contributed by atoms with Crippen molar-refractivity contribution in [3.63, 3.8) is 0 Å². The summed E-state index contributed by atoms with van der Waals surface area (Å²) in [6.07, 6.45) is 2.92. The van der Waals surface area contributed by atoms with Crippen molar-refractivity contribution in [2.24, 2.45) is 0 Å². The maximum atomic E-state index is 9.10. The standard InChI is InChI=1S/C30H35NO4.C2H2O4/c1-31(20-18-24-11-17-29(34-4)30(21-24)35-5)19-6-7-26-22-28(33-3)16-13-25(26)12-8-23-9-14-27(32-2)15-10-23;3-1(4)2(5)6/h9-11,13-17,21-22H,6-7,18-20H2,1-5H3;(H,3,4)(H,5,6). The summed E-state index contributed by atoms with van der Waals surface area (Å²) in [5.41, 5.74) is 4.44. The molecule has 3 aromatic carbocycles. The molecule has 0 saturated heterocycles. The summed E-state index contributed by atoms with van der Waals surface area (Å²) in [6.45, 7) is 1.97. The van der Waals surface area contributed by atoms with Gasteiger partial charge in [0.2, 0.25) is 0 Å². The van der Waals surface area contributed by atoms with Gasteiger partial charge in [-0.3, -0.25) is 0 Å². The molecule has 0 aromatic heterocycles. The Hall–Kier alpha value is -4.68. The van der Waals surface area contributed by atoms with Crippen molar-refractivity contribution in [3.05, 3.63) is 82.9 Å². The lowest BCUT2D eigenvalue weighted by Crippen LogP contribution is -2.23. The van der Waals surface area contributed by atoms with Gasteiger partial charge in [0.25, 0.3) is 0 Å². The fourth-order valence-electron chi connectivity index (χ4n) is 3.85. The Balaban J connectivity index is 0.000000883. The third-order valence-electron chi connectivity index (χ3n) is 6.14. The van der Waals surface area contributed by atoms with Gasteiger partial charge >= 0.3 is 11.9 Å². The van der Waals surface area contributed by atoms with Crippen LogP contribution in [0.2, 0.25) is 0 Å². The van der Waals surface area contributed by atoms with Crippen LogP contribution in [-0.4, -0.2) is 75.6 Å². The van der Waals surface area contributed by atoms with E-state index in [4.69, 9.17) is 38.7 Å². The number of hydrogen-bond acceptors (Lipinski definition) is 7. The van der Waals surface area contributed by atoms with Crippen LogP contribution < -0.4 is 18.9 Å². The summed E-state index contributed by atoms with van der Waals surface area (Å²) >= 11 is 0. The van der Waals surface area contributed by atoms with Gasteiger partial charge in [-0.05, 0) is 98.6 Å². The third-order valence-corrected chi connectivity index (χ3v) is 6.14. The number of aliphatic carboxylic acids is 2. The van der Waals surface area contributed by atoms with Crippen LogP contribution in [-0.2, 0) is 22.4 Å². The molecule has 0 fully saturated rings. The number of carbonyl (C=O) groups is 2. The summed E-state index contributed by atoms with van der Waals surface area (Å²) in [7, 11) is 8.85. The summed E-state index contributed by atoms with van der Waals surface area (Å²) < 4.78 is 21.4. The quantitative estimate of drug-likeness (QED) is 0.259. The molecule has 0 aliphatic heterocycles. The molecular weight excluding hydrogens is 526 g/mol. The van der Waals surface area contributed by atoms with Gasteiger partial charge in [-0.2, -0.15) is 0 Å². The minimum absolute atomic E-state index is 0.758. The highest BCUT2D eigenvalue weighted by molar-refractivity contribution is 6.27. The number of benzene rings is 3. The molecule has 3 aromatic rings. The van der Waals surface area contributed by atoms with Crippen molar-refractivity contribution in [2.75, 3.05) is 48.6 Å². The van der Waals surface area contributed by atoms with Crippen LogP contribution >= 0.6 is 0 Å². The number of hydrogen-bond donors (Lipinski definition) is 2. The molecule has 3 rings (SSSR count). The Kier molecular flexibility index (Phi) is 13.6. The van der Waals surface area contributed by atoms with Gasteiger partial charge in [0.05, 0.1) is 28.4 Å². The zero-order valence-corrected chi connectivity index (χ0v) is 24.1. The summed E-state index contributed by atoms with van der Waals surface area (Å²) in [5, 5.41) is 14.8. The van der Waals surface area contributed by atoms with E-state index in [0.29, 0.717) is 0 Å². The van der Waals surface area contributed by atoms with Gasteiger partial charge in [-0.15, -0.1) is 0 Å². The fraction of sp³-hybridized carbons (Fsp3) is 0.312. The molecule has 9 nitrogen and oxygen atoms in total.